The molecule has 0 saturated heterocycles. The van der Waals surface area contributed by atoms with Crippen molar-refractivity contribution in [3.63, 3.8) is 0 Å². The van der Waals surface area contributed by atoms with Crippen LogP contribution >= 0.6 is 11.3 Å². The summed E-state index contributed by atoms with van der Waals surface area (Å²) in [4.78, 5) is 29.6. The Morgan fingerprint density at radius 1 is 1.03 bits per heavy atom. The summed E-state index contributed by atoms with van der Waals surface area (Å²) in [6.45, 7) is 1.46. The average Bonchev–Trinajstić information content (AvgIpc) is 3.29. The summed E-state index contributed by atoms with van der Waals surface area (Å²) in [5.74, 6) is -0.437. The Hall–Kier alpha value is -3.84. The number of rotatable bonds is 5. The molecular formula is C23H18N4O2S. The number of amides is 2. The van der Waals surface area contributed by atoms with E-state index >= 15 is 0 Å². The maximum atomic E-state index is 12.8. The highest BCUT2D eigenvalue weighted by molar-refractivity contribution is 7.13. The van der Waals surface area contributed by atoms with Gasteiger partial charge >= 0.3 is 0 Å². The lowest BCUT2D eigenvalue weighted by atomic mass is 10.1. The van der Waals surface area contributed by atoms with Crippen LogP contribution in [0.1, 0.15) is 22.8 Å². The normalized spacial score (nSPS) is 11.0. The number of anilines is 1. The quantitative estimate of drug-likeness (QED) is 0.367. The van der Waals surface area contributed by atoms with E-state index in [0.717, 1.165) is 27.0 Å². The number of thiophene rings is 1. The second-order valence-corrected chi connectivity index (χ2v) is 7.50. The number of nitrogens with zero attached hydrogens (tertiary/aromatic N) is 2. The van der Waals surface area contributed by atoms with E-state index in [4.69, 9.17) is 0 Å². The van der Waals surface area contributed by atoms with E-state index in [1.54, 1.807) is 47.9 Å². The van der Waals surface area contributed by atoms with Gasteiger partial charge in [-0.1, -0.05) is 36.4 Å². The molecule has 0 aliphatic carbocycles. The van der Waals surface area contributed by atoms with Gasteiger partial charge in [-0.15, -0.1) is 11.3 Å². The molecule has 148 valence electrons. The molecule has 0 bridgehead atoms. The van der Waals surface area contributed by atoms with Crippen molar-refractivity contribution in [3.8, 4) is 10.6 Å². The number of pyridine rings is 1. The van der Waals surface area contributed by atoms with Gasteiger partial charge in [0.05, 0.1) is 27.9 Å². The maximum absolute atomic E-state index is 12.8. The van der Waals surface area contributed by atoms with Gasteiger partial charge in [-0.2, -0.15) is 5.10 Å². The summed E-state index contributed by atoms with van der Waals surface area (Å²) in [5, 5.41) is 9.53. The standard InChI is InChI=1S/C23H18N4O2S/c1-15(28)25-17-10-8-16(9-11-17)14-24-27-23(29)19-13-21(22-7-4-12-30-22)26-20-6-3-2-5-18(19)20/h2-14H,1H3,(H,25,28)(H,27,29). The average molecular weight is 414 g/mol. The molecule has 2 amide bonds. The van der Waals surface area contributed by atoms with E-state index in [1.165, 1.54) is 6.92 Å². The number of carbonyl (C=O) groups is 2. The summed E-state index contributed by atoms with van der Waals surface area (Å²) in [6.07, 6.45) is 1.55. The molecule has 2 aromatic carbocycles. The highest BCUT2D eigenvalue weighted by atomic mass is 32.1. The third-order valence-corrected chi connectivity index (χ3v) is 5.24. The van der Waals surface area contributed by atoms with E-state index in [1.807, 2.05) is 41.8 Å². The zero-order valence-electron chi connectivity index (χ0n) is 16.1. The minimum Gasteiger partial charge on any atom is -0.326 e. The molecule has 2 N–H and O–H groups in total. The molecular weight excluding hydrogens is 396 g/mol. The molecule has 6 nitrogen and oxygen atoms in total. The zero-order valence-corrected chi connectivity index (χ0v) is 16.9. The Labute approximate surface area is 177 Å². The van der Waals surface area contributed by atoms with Crippen LogP contribution in [0, 0.1) is 0 Å². The van der Waals surface area contributed by atoms with Crippen LogP contribution in [-0.2, 0) is 4.79 Å². The molecule has 2 aromatic heterocycles. The van der Waals surface area contributed by atoms with Crippen LogP contribution in [0.3, 0.4) is 0 Å². The molecule has 4 rings (SSSR count). The molecule has 0 aliphatic heterocycles. The third-order valence-electron chi connectivity index (χ3n) is 4.35. The monoisotopic (exact) mass is 414 g/mol. The second-order valence-electron chi connectivity index (χ2n) is 6.55. The molecule has 0 saturated carbocycles. The number of aromatic nitrogens is 1. The summed E-state index contributed by atoms with van der Waals surface area (Å²) in [5.41, 5.74) is 6.12. The Morgan fingerprint density at radius 3 is 2.57 bits per heavy atom. The van der Waals surface area contributed by atoms with Crippen molar-refractivity contribution in [1.29, 1.82) is 0 Å². The second kappa shape index (κ2) is 8.67. The van der Waals surface area contributed by atoms with Crippen LogP contribution in [0.4, 0.5) is 5.69 Å². The number of carbonyl (C=O) groups excluding carboxylic acids is 2. The zero-order chi connectivity index (χ0) is 20.9. The van der Waals surface area contributed by atoms with Crippen molar-refractivity contribution in [2.45, 2.75) is 6.92 Å². The van der Waals surface area contributed by atoms with Gasteiger partial charge in [-0.25, -0.2) is 10.4 Å². The van der Waals surface area contributed by atoms with Crippen LogP contribution in [0.2, 0.25) is 0 Å². The van der Waals surface area contributed by atoms with Gasteiger partial charge in [0.2, 0.25) is 5.91 Å². The first-order chi connectivity index (χ1) is 14.6. The fourth-order valence-corrected chi connectivity index (χ4v) is 3.68. The van der Waals surface area contributed by atoms with Crippen LogP contribution in [0.5, 0.6) is 0 Å². The van der Waals surface area contributed by atoms with Crippen LogP contribution < -0.4 is 10.7 Å². The smallest absolute Gasteiger partial charge is 0.272 e. The third kappa shape index (κ3) is 4.42. The van der Waals surface area contributed by atoms with Gasteiger partial charge in [0.25, 0.3) is 5.91 Å². The van der Waals surface area contributed by atoms with Crippen molar-refractivity contribution in [2.75, 3.05) is 5.32 Å². The van der Waals surface area contributed by atoms with E-state index in [-0.39, 0.29) is 11.8 Å². The molecule has 7 heteroatoms. The molecule has 0 atom stereocenters. The Bertz CT molecular complexity index is 1230. The van der Waals surface area contributed by atoms with E-state index in [0.29, 0.717) is 11.3 Å². The van der Waals surface area contributed by atoms with Crippen molar-refractivity contribution >= 4 is 46.0 Å². The topological polar surface area (TPSA) is 83.5 Å². The van der Waals surface area contributed by atoms with Gasteiger partial charge < -0.3 is 5.32 Å². The molecule has 0 spiro atoms. The minimum atomic E-state index is -0.308. The number of hydrogen-bond donors (Lipinski definition) is 2. The Kier molecular flexibility index (Phi) is 5.63. The Morgan fingerprint density at radius 2 is 1.83 bits per heavy atom. The lowest BCUT2D eigenvalue weighted by Crippen LogP contribution is -2.18. The first-order valence-corrected chi connectivity index (χ1v) is 10.1. The van der Waals surface area contributed by atoms with E-state index in [2.05, 4.69) is 20.8 Å². The van der Waals surface area contributed by atoms with Gasteiger partial charge in [-0.05, 0) is 41.3 Å². The van der Waals surface area contributed by atoms with Gasteiger partial charge in [0.15, 0.2) is 0 Å². The number of nitrogens with one attached hydrogen (secondary N) is 2. The molecule has 0 fully saturated rings. The summed E-state index contributed by atoms with van der Waals surface area (Å²) >= 11 is 1.57. The molecule has 2 heterocycles. The van der Waals surface area contributed by atoms with Crippen molar-refractivity contribution in [1.82, 2.24) is 10.4 Å². The minimum absolute atomic E-state index is 0.129. The van der Waals surface area contributed by atoms with Crippen LogP contribution in [0.25, 0.3) is 21.5 Å². The Balaban J connectivity index is 1.56. The SMILES string of the molecule is CC(=O)Nc1ccc(C=NNC(=O)c2cc(-c3cccs3)nc3ccccc23)cc1. The highest BCUT2D eigenvalue weighted by Crippen LogP contribution is 2.27. The number of hydrogen-bond acceptors (Lipinski definition) is 5. The van der Waals surface area contributed by atoms with Gasteiger partial charge in [-0.3, -0.25) is 9.59 Å². The molecule has 0 unspecified atom stereocenters. The number of benzene rings is 2. The van der Waals surface area contributed by atoms with Crippen LogP contribution in [0.15, 0.2) is 77.2 Å². The number of hydrazone groups is 1. The first-order valence-electron chi connectivity index (χ1n) is 9.25. The largest absolute Gasteiger partial charge is 0.326 e. The number of fused-ring (bicyclic) bond motifs is 1. The fourth-order valence-electron chi connectivity index (χ4n) is 3.00. The predicted molar refractivity (Wildman–Crippen MR) is 121 cm³/mol. The van der Waals surface area contributed by atoms with Crippen molar-refractivity contribution < 1.29 is 9.59 Å². The van der Waals surface area contributed by atoms with Gasteiger partial charge in [0.1, 0.15) is 0 Å². The maximum Gasteiger partial charge on any atom is 0.272 e. The lowest BCUT2D eigenvalue weighted by molar-refractivity contribution is -0.114. The highest BCUT2D eigenvalue weighted by Gasteiger charge is 2.13. The molecule has 4 aromatic rings. The lowest BCUT2D eigenvalue weighted by Gasteiger charge is -2.08. The van der Waals surface area contributed by atoms with E-state index < -0.39 is 0 Å². The number of para-hydroxylation sites is 1. The fraction of sp³-hybridized carbons (Fsp3) is 0.0435. The van der Waals surface area contributed by atoms with E-state index in [9.17, 15) is 9.59 Å². The molecule has 0 aliphatic rings. The molecule has 0 radical (unpaired) electrons. The summed E-state index contributed by atoms with van der Waals surface area (Å²) < 4.78 is 0. The summed E-state index contributed by atoms with van der Waals surface area (Å²) in [7, 11) is 0. The van der Waals surface area contributed by atoms with Crippen molar-refractivity contribution in [3.05, 3.63) is 83.2 Å². The van der Waals surface area contributed by atoms with Crippen LogP contribution in [-0.4, -0.2) is 23.0 Å². The first kappa shape index (κ1) is 19.5. The molecule has 30 heavy (non-hydrogen) atoms. The van der Waals surface area contributed by atoms with Gasteiger partial charge in [0, 0.05) is 18.0 Å². The predicted octanol–water partition coefficient (Wildman–Crippen LogP) is 4.69. The summed E-state index contributed by atoms with van der Waals surface area (Å²) in [6, 6.07) is 20.4. The van der Waals surface area contributed by atoms with Crippen molar-refractivity contribution in [2.24, 2.45) is 5.10 Å².